The van der Waals surface area contributed by atoms with Crippen molar-refractivity contribution in [3.05, 3.63) is 72.1 Å². The zero-order chi connectivity index (χ0) is 22.6. The highest BCUT2D eigenvalue weighted by molar-refractivity contribution is 5.74. The molecule has 0 aliphatic carbocycles. The Morgan fingerprint density at radius 1 is 0.903 bits per heavy atom. The molecule has 1 unspecified atom stereocenters. The van der Waals surface area contributed by atoms with Crippen molar-refractivity contribution in [3.8, 4) is 0 Å². The van der Waals surface area contributed by atoms with E-state index in [4.69, 9.17) is 4.98 Å². The number of alkyl halides is 1. The first kappa shape index (κ1) is 22.7. The Hall–Kier alpha value is -2.95. The number of benzene rings is 2. The first-order valence-electron chi connectivity index (χ1n) is 10.9. The predicted molar refractivity (Wildman–Crippen MR) is 128 cm³/mol. The Kier molecular flexibility index (Phi) is 6.63. The second kappa shape index (κ2) is 9.04. The summed E-state index contributed by atoms with van der Waals surface area (Å²) in [5, 5.41) is 6.73. The van der Waals surface area contributed by atoms with Gasteiger partial charge in [0, 0.05) is 22.4 Å². The second-order valence-electron chi connectivity index (χ2n) is 9.23. The van der Waals surface area contributed by atoms with Crippen molar-refractivity contribution in [1.29, 1.82) is 0 Å². The Labute approximate surface area is 185 Å². The van der Waals surface area contributed by atoms with E-state index in [2.05, 4.69) is 36.4 Å². The molecule has 1 heterocycles. The fraction of sp³-hybridized carbons (Fsp3) is 0.385. The van der Waals surface area contributed by atoms with Crippen LogP contribution in [-0.2, 0) is 11.1 Å². The second-order valence-corrected chi connectivity index (χ2v) is 9.23. The van der Waals surface area contributed by atoms with Gasteiger partial charge in [-0.05, 0) is 30.5 Å². The maximum Gasteiger partial charge on any atom is 0.174 e. The molecule has 0 saturated heterocycles. The van der Waals surface area contributed by atoms with E-state index in [-0.39, 0.29) is 11.3 Å². The summed E-state index contributed by atoms with van der Waals surface area (Å²) in [5.41, 5.74) is 1.51. The fourth-order valence-corrected chi connectivity index (χ4v) is 3.58. The molecule has 4 nitrogen and oxygen atoms in total. The maximum atomic E-state index is 16.0. The molecule has 2 N–H and O–H groups in total. The molecule has 2 aromatic carbocycles. The van der Waals surface area contributed by atoms with Crippen molar-refractivity contribution in [3.63, 3.8) is 0 Å². The van der Waals surface area contributed by atoms with Crippen molar-refractivity contribution in [2.45, 2.75) is 59.0 Å². The molecule has 164 valence electrons. The molecule has 3 aromatic rings. The number of halogens is 1. The molecule has 5 heteroatoms. The molecule has 0 amide bonds. The Balaban J connectivity index is 2.08. The van der Waals surface area contributed by atoms with Crippen LogP contribution in [0.4, 0.5) is 27.4 Å². The smallest absolute Gasteiger partial charge is 0.174 e. The number of para-hydroxylation sites is 2. The van der Waals surface area contributed by atoms with Crippen LogP contribution >= 0.6 is 0 Å². The van der Waals surface area contributed by atoms with E-state index in [9.17, 15) is 0 Å². The number of hydrogen-bond donors (Lipinski definition) is 2. The lowest BCUT2D eigenvalue weighted by molar-refractivity contribution is 0.0944. The average Bonchev–Trinajstić information content (AvgIpc) is 2.74. The van der Waals surface area contributed by atoms with Gasteiger partial charge in [0.15, 0.2) is 11.6 Å². The van der Waals surface area contributed by atoms with Crippen molar-refractivity contribution < 1.29 is 4.39 Å². The summed E-state index contributed by atoms with van der Waals surface area (Å²) in [6.45, 7) is 12.0. The van der Waals surface area contributed by atoms with Crippen LogP contribution in [0, 0.1) is 5.92 Å². The third-order valence-electron chi connectivity index (χ3n) is 5.64. The van der Waals surface area contributed by atoms with E-state index in [0.717, 1.165) is 11.4 Å². The van der Waals surface area contributed by atoms with Crippen molar-refractivity contribution in [2.24, 2.45) is 5.92 Å². The summed E-state index contributed by atoms with van der Waals surface area (Å²) in [4.78, 5) is 9.52. The van der Waals surface area contributed by atoms with Crippen LogP contribution < -0.4 is 10.6 Å². The van der Waals surface area contributed by atoms with Gasteiger partial charge in [0.25, 0.3) is 0 Å². The van der Waals surface area contributed by atoms with Gasteiger partial charge in [-0.15, -0.1) is 0 Å². The van der Waals surface area contributed by atoms with Gasteiger partial charge in [0.05, 0.1) is 11.9 Å². The Morgan fingerprint density at radius 3 is 2.16 bits per heavy atom. The first-order chi connectivity index (χ1) is 14.6. The fourth-order valence-electron chi connectivity index (χ4n) is 3.58. The van der Waals surface area contributed by atoms with Gasteiger partial charge in [0.2, 0.25) is 0 Å². The largest absolute Gasteiger partial charge is 0.337 e. The number of nitrogens with zero attached hydrogens (tertiary/aromatic N) is 2. The van der Waals surface area contributed by atoms with E-state index in [0.29, 0.717) is 29.3 Å². The Morgan fingerprint density at radius 2 is 1.55 bits per heavy atom. The number of rotatable bonds is 7. The number of nitrogens with one attached hydrogen (secondary N) is 2. The summed E-state index contributed by atoms with van der Waals surface area (Å²) in [5.74, 6) is 1.01. The summed E-state index contributed by atoms with van der Waals surface area (Å²) < 4.78 is 16.0. The third-order valence-corrected chi connectivity index (χ3v) is 5.64. The van der Waals surface area contributed by atoms with Crippen LogP contribution in [-0.4, -0.2) is 9.97 Å². The average molecular weight is 421 g/mol. The van der Waals surface area contributed by atoms with Gasteiger partial charge in [-0.3, -0.25) is 0 Å². The van der Waals surface area contributed by atoms with E-state index in [1.54, 1.807) is 6.20 Å². The molecule has 0 bridgehead atoms. The van der Waals surface area contributed by atoms with E-state index >= 15 is 4.39 Å². The predicted octanol–water partition coefficient (Wildman–Crippen LogP) is 7.49. The van der Waals surface area contributed by atoms with Crippen LogP contribution in [0.3, 0.4) is 0 Å². The zero-order valence-corrected chi connectivity index (χ0v) is 19.3. The highest BCUT2D eigenvalue weighted by Crippen LogP contribution is 2.42. The monoisotopic (exact) mass is 420 g/mol. The first-order valence-corrected chi connectivity index (χ1v) is 10.9. The minimum atomic E-state index is -1.44. The van der Waals surface area contributed by atoms with Crippen LogP contribution in [0.25, 0.3) is 0 Å². The van der Waals surface area contributed by atoms with Crippen LogP contribution in [0.1, 0.15) is 59.2 Å². The minimum absolute atomic E-state index is 0.158. The van der Waals surface area contributed by atoms with E-state index in [1.807, 2.05) is 75.4 Å². The van der Waals surface area contributed by atoms with Crippen molar-refractivity contribution in [2.75, 3.05) is 10.6 Å². The molecular formula is C26H33FN4. The van der Waals surface area contributed by atoms with Crippen molar-refractivity contribution in [1.82, 2.24) is 9.97 Å². The third kappa shape index (κ3) is 5.04. The number of aromatic nitrogens is 2. The molecule has 0 fully saturated rings. The molecule has 3 rings (SSSR count). The molecule has 31 heavy (non-hydrogen) atoms. The standard InChI is InChI=1S/C26H33FN4/c1-7-26(27,18(2)3)20-15-11-12-16-21(20)30-24-23(29-19-13-9-8-10-14-19)28-17-22(31-24)25(4,5)6/h8-18H,7H2,1-6H3,(H,28,29)(H,30,31). The summed E-state index contributed by atoms with van der Waals surface area (Å²) >= 11 is 0. The van der Waals surface area contributed by atoms with Gasteiger partial charge in [0.1, 0.15) is 5.67 Å². The van der Waals surface area contributed by atoms with Crippen LogP contribution in [0.15, 0.2) is 60.8 Å². The van der Waals surface area contributed by atoms with E-state index in [1.165, 1.54) is 0 Å². The highest BCUT2D eigenvalue weighted by Gasteiger charge is 2.36. The number of anilines is 4. The lowest BCUT2D eigenvalue weighted by atomic mass is 9.82. The summed E-state index contributed by atoms with van der Waals surface area (Å²) in [6, 6.07) is 17.4. The quantitative estimate of drug-likeness (QED) is 0.416. The molecule has 0 aliphatic heterocycles. The molecule has 0 aliphatic rings. The van der Waals surface area contributed by atoms with E-state index < -0.39 is 5.67 Å². The van der Waals surface area contributed by atoms with Gasteiger partial charge in [-0.1, -0.05) is 77.9 Å². The highest BCUT2D eigenvalue weighted by atomic mass is 19.1. The molecule has 1 aromatic heterocycles. The lowest BCUT2D eigenvalue weighted by Gasteiger charge is -2.31. The molecule has 0 spiro atoms. The maximum absolute atomic E-state index is 16.0. The van der Waals surface area contributed by atoms with Crippen LogP contribution in [0.2, 0.25) is 0 Å². The van der Waals surface area contributed by atoms with Gasteiger partial charge >= 0.3 is 0 Å². The van der Waals surface area contributed by atoms with Crippen molar-refractivity contribution >= 4 is 23.0 Å². The minimum Gasteiger partial charge on any atom is -0.337 e. The lowest BCUT2D eigenvalue weighted by Crippen LogP contribution is -2.27. The van der Waals surface area contributed by atoms with Crippen LogP contribution in [0.5, 0.6) is 0 Å². The SMILES string of the molecule is CCC(F)(c1ccccc1Nc1nc(C(C)(C)C)cnc1Nc1ccccc1)C(C)C. The summed E-state index contributed by atoms with van der Waals surface area (Å²) in [7, 11) is 0. The normalized spacial score (nSPS) is 13.7. The topological polar surface area (TPSA) is 49.8 Å². The summed E-state index contributed by atoms with van der Waals surface area (Å²) in [6.07, 6.45) is 2.19. The van der Waals surface area contributed by atoms with Gasteiger partial charge in [-0.2, -0.15) is 0 Å². The molecular weight excluding hydrogens is 387 g/mol. The number of hydrogen-bond acceptors (Lipinski definition) is 4. The molecule has 0 saturated carbocycles. The molecule has 0 radical (unpaired) electrons. The molecule has 1 atom stereocenters. The van der Waals surface area contributed by atoms with Gasteiger partial charge in [-0.25, -0.2) is 14.4 Å². The zero-order valence-electron chi connectivity index (χ0n) is 19.3. The Bertz CT molecular complexity index is 1010. The van der Waals surface area contributed by atoms with Gasteiger partial charge < -0.3 is 10.6 Å².